The van der Waals surface area contributed by atoms with Crippen molar-refractivity contribution in [2.24, 2.45) is 5.73 Å². The van der Waals surface area contributed by atoms with E-state index in [0.717, 1.165) is 30.1 Å². The molecule has 6 nitrogen and oxygen atoms in total. The van der Waals surface area contributed by atoms with Crippen LogP contribution < -0.4 is 11.1 Å². The smallest absolute Gasteiger partial charge is 0.203 e. The second-order valence-corrected chi connectivity index (χ2v) is 4.15. The zero-order chi connectivity index (χ0) is 12.3. The van der Waals surface area contributed by atoms with Gasteiger partial charge < -0.3 is 11.1 Å². The summed E-state index contributed by atoms with van der Waals surface area (Å²) in [5.74, 6) is 1.59. The molecule has 2 aromatic rings. The van der Waals surface area contributed by atoms with Crippen molar-refractivity contribution in [1.29, 1.82) is 0 Å². The van der Waals surface area contributed by atoms with Gasteiger partial charge in [-0.3, -0.25) is 4.40 Å². The van der Waals surface area contributed by atoms with E-state index in [1.807, 2.05) is 17.5 Å². The Bertz CT molecular complexity index is 492. The molecule has 0 aromatic carbocycles. The van der Waals surface area contributed by atoms with E-state index in [4.69, 9.17) is 5.73 Å². The van der Waals surface area contributed by atoms with E-state index < -0.39 is 0 Å². The van der Waals surface area contributed by atoms with E-state index in [2.05, 4.69) is 27.4 Å². The van der Waals surface area contributed by atoms with Crippen molar-refractivity contribution in [2.75, 3.05) is 11.9 Å². The Balaban J connectivity index is 2.13. The number of aromatic nitrogens is 4. The summed E-state index contributed by atoms with van der Waals surface area (Å²) in [4.78, 5) is 4.26. The molecule has 0 saturated carbocycles. The number of anilines is 1. The van der Waals surface area contributed by atoms with Crippen LogP contribution in [-0.2, 0) is 0 Å². The molecule has 0 radical (unpaired) electrons. The van der Waals surface area contributed by atoms with Crippen molar-refractivity contribution in [2.45, 2.75) is 32.7 Å². The monoisotopic (exact) mass is 234 g/mol. The van der Waals surface area contributed by atoms with Gasteiger partial charge in [-0.15, -0.1) is 10.2 Å². The number of fused-ring (bicyclic) bond motifs is 1. The molecule has 0 spiro atoms. The van der Waals surface area contributed by atoms with Crippen LogP contribution in [0.5, 0.6) is 0 Å². The van der Waals surface area contributed by atoms with Gasteiger partial charge in [0.15, 0.2) is 5.82 Å². The Labute approximate surface area is 100 Å². The lowest BCUT2D eigenvalue weighted by Crippen LogP contribution is -2.29. The second kappa shape index (κ2) is 5.09. The van der Waals surface area contributed by atoms with Gasteiger partial charge in [-0.25, -0.2) is 4.98 Å². The van der Waals surface area contributed by atoms with Gasteiger partial charge in [0.05, 0.1) is 0 Å². The highest BCUT2D eigenvalue weighted by Crippen LogP contribution is 2.11. The quantitative estimate of drug-likeness (QED) is 0.805. The van der Waals surface area contributed by atoms with E-state index in [1.54, 1.807) is 6.20 Å². The molecule has 0 aliphatic carbocycles. The van der Waals surface area contributed by atoms with Gasteiger partial charge in [0.2, 0.25) is 5.65 Å². The summed E-state index contributed by atoms with van der Waals surface area (Å²) >= 11 is 0. The molecule has 0 saturated heterocycles. The molecule has 0 bridgehead atoms. The fraction of sp³-hybridized carbons (Fsp3) is 0.545. The van der Waals surface area contributed by atoms with Crippen LogP contribution in [0.1, 0.15) is 25.6 Å². The van der Waals surface area contributed by atoms with Crippen molar-refractivity contribution in [3.05, 3.63) is 18.2 Å². The average molecular weight is 234 g/mol. The van der Waals surface area contributed by atoms with Crippen LogP contribution in [0.2, 0.25) is 0 Å². The van der Waals surface area contributed by atoms with E-state index >= 15 is 0 Å². The molecule has 3 N–H and O–H groups in total. The Kier molecular flexibility index (Phi) is 3.53. The van der Waals surface area contributed by atoms with Crippen molar-refractivity contribution in [3.63, 3.8) is 0 Å². The van der Waals surface area contributed by atoms with Crippen molar-refractivity contribution < 1.29 is 0 Å². The first-order valence-corrected chi connectivity index (χ1v) is 5.88. The lowest BCUT2D eigenvalue weighted by molar-refractivity contribution is 0.626. The SMILES string of the molecule is CCCC(N)CNc1nccn2c(C)nnc12. The second-order valence-electron chi connectivity index (χ2n) is 4.15. The van der Waals surface area contributed by atoms with E-state index in [0.29, 0.717) is 6.54 Å². The number of nitrogens with one attached hydrogen (secondary N) is 1. The molecule has 17 heavy (non-hydrogen) atoms. The van der Waals surface area contributed by atoms with Crippen LogP contribution in [0.15, 0.2) is 12.4 Å². The maximum absolute atomic E-state index is 5.95. The minimum absolute atomic E-state index is 0.145. The van der Waals surface area contributed by atoms with Gasteiger partial charge in [-0.05, 0) is 13.3 Å². The molecule has 1 unspecified atom stereocenters. The van der Waals surface area contributed by atoms with Gasteiger partial charge in [0.1, 0.15) is 5.82 Å². The lowest BCUT2D eigenvalue weighted by atomic mass is 10.2. The van der Waals surface area contributed by atoms with Gasteiger partial charge >= 0.3 is 0 Å². The van der Waals surface area contributed by atoms with Gasteiger partial charge in [-0.1, -0.05) is 13.3 Å². The zero-order valence-corrected chi connectivity index (χ0v) is 10.2. The predicted molar refractivity (Wildman–Crippen MR) is 66.9 cm³/mol. The highest BCUT2D eigenvalue weighted by Gasteiger charge is 2.08. The minimum Gasteiger partial charge on any atom is -0.365 e. The Hall–Kier alpha value is -1.69. The number of aryl methyl sites for hydroxylation is 1. The minimum atomic E-state index is 0.145. The molecule has 0 fully saturated rings. The Morgan fingerprint density at radius 1 is 1.47 bits per heavy atom. The highest BCUT2D eigenvalue weighted by atomic mass is 15.3. The first-order chi connectivity index (χ1) is 8.22. The Morgan fingerprint density at radius 3 is 3.06 bits per heavy atom. The number of nitrogens with two attached hydrogens (primary N) is 1. The molecular weight excluding hydrogens is 216 g/mol. The van der Waals surface area contributed by atoms with Gasteiger partial charge in [0, 0.05) is 25.0 Å². The lowest BCUT2D eigenvalue weighted by Gasteiger charge is -2.12. The third kappa shape index (κ3) is 2.52. The Morgan fingerprint density at radius 2 is 2.29 bits per heavy atom. The van der Waals surface area contributed by atoms with Crippen molar-refractivity contribution >= 4 is 11.5 Å². The largest absolute Gasteiger partial charge is 0.365 e. The molecule has 2 rings (SSSR count). The molecular formula is C11H18N6. The number of rotatable bonds is 5. The summed E-state index contributed by atoms with van der Waals surface area (Å²) < 4.78 is 1.90. The molecule has 6 heteroatoms. The molecule has 0 aliphatic heterocycles. The first kappa shape index (κ1) is 11.8. The highest BCUT2D eigenvalue weighted by molar-refractivity contribution is 5.61. The fourth-order valence-corrected chi connectivity index (χ4v) is 1.77. The fourth-order valence-electron chi connectivity index (χ4n) is 1.77. The first-order valence-electron chi connectivity index (χ1n) is 5.88. The maximum atomic E-state index is 5.95. The normalized spacial score (nSPS) is 12.9. The number of hydrogen-bond donors (Lipinski definition) is 2. The van der Waals surface area contributed by atoms with Gasteiger partial charge in [0.25, 0.3) is 0 Å². The molecule has 1 atom stereocenters. The van der Waals surface area contributed by atoms with E-state index in [-0.39, 0.29) is 6.04 Å². The van der Waals surface area contributed by atoms with Crippen LogP contribution in [0.25, 0.3) is 5.65 Å². The summed E-state index contributed by atoms with van der Waals surface area (Å²) in [5, 5.41) is 11.3. The number of hydrogen-bond acceptors (Lipinski definition) is 5. The van der Waals surface area contributed by atoms with Crippen LogP contribution >= 0.6 is 0 Å². The molecule has 0 aliphatic rings. The summed E-state index contributed by atoms with van der Waals surface area (Å²) in [5.41, 5.74) is 6.69. The zero-order valence-electron chi connectivity index (χ0n) is 10.2. The molecule has 92 valence electrons. The summed E-state index contributed by atoms with van der Waals surface area (Å²) in [6.45, 7) is 4.74. The van der Waals surface area contributed by atoms with E-state index in [1.165, 1.54) is 0 Å². The molecule has 2 aromatic heterocycles. The summed E-state index contributed by atoms with van der Waals surface area (Å²) in [7, 11) is 0. The summed E-state index contributed by atoms with van der Waals surface area (Å²) in [6.07, 6.45) is 5.67. The van der Waals surface area contributed by atoms with Crippen molar-refractivity contribution in [1.82, 2.24) is 19.6 Å². The predicted octanol–water partition coefficient (Wildman–Crippen LogP) is 0.972. The van der Waals surface area contributed by atoms with Gasteiger partial charge in [-0.2, -0.15) is 0 Å². The van der Waals surface area contributed by atoms with Crippen LogP contribution in [0.4, 0.5) is 5.82 Å². The van der Waals surface area contributed by atoms with Crippen LogP contribution in [0, 0.1) is 6.92 Å². The maximum Gasteiger partial charge on any atom is 0.203 e. The third-order valence-corrected chi connectivity index (χ3v) is 2.69. The van der Waals surface area contributed by atoms with E-state index in [9.17, 15) is 0 Å². The topological polar surface area (TPSA) is 81.1 Å². The number of nitrogens with zero attached hydrogens (tertiary/aromatic N) is 4. The van der Waals surface area contributed by atoms with Crippen molar-refractivity contribution in [3.8, 4) is 0 Å². The third-order valence-electron chi connectivity index (χ3n) is 2.69. The van der Waals surface area contributed by atoms with Crippen LogP contribution in [-0.4, -0.2) is 32.2 Å². The van der Waals surface area contributed by atoms with Crippen LogP contribution in [0.3, 0.4) is 0 Å². The standard InChI is InChI=1S/C11H18N6/c1-3-4-9(12)7-14-10-11-16-15-8(2)17(11)6-5-13-10/h5-6,9H,3-4,7,12H2,1-2H3,(H,13,14). The molecule has 2 heterocycles. The summed E-state index contributed by atoms with van der Waals surface area (Å²) in [6, 6.07) is 0.145. The average Bonchev–Trinajstić information content (AvgIpc) is 2.70. The molecule has 0 amide bonds.